The third-order valence-corrected chi connectivity index (χ3v) is 5.80. The topological polar surface area (TPSA) is 112 Å². The van der Waals surface area contributed by atoms with Gasteiger partial charge in [-0.25, -0.2) is 14.6 Å². The molecule has 2 bridgehead atoms. The van der Waals surface area contributed by atoms with E-state index >= 15 is 0 Å². The molecule has 0 radical (unpaired) electrons. The second-order valence-corrected chi connectivity index (χ2v) is 8.14. The number of carbonyl (C=O) groups excluding carboxylic acids is 2. The molecule has 10 heteroatoms. The molecule has 0 aromatic carbocycles. The zero-order chi connectivity index (χ0) is 22.9. The number of fused-ring (bicyclic) bond motifs is 4. The number of hydrogen-bond acceptors (Lipinski definition) is 10. The molecule has 0 aliphatic carbocycles. The Balaban J connectivity index is 1.44. The summed E-state index contributed by atoms with van der Waals surface area (Å²) in [5.41, 5.74) is 0.0475. The molecule has 2 fully saturated rings. The van der Waals surface area contributed by atoms with Crippen LogP contribution in [0.1, 0.15) is 46.7 Å². The first-order valence-electron chi connectivity index (χ1n) is 11.6. The van der Waals surface area contributed by atoms with Gasteiger partial charge < -0.3 is 33.2 Å². The van der Waals surface area contributed by atoms with E-state index in [9.17, 15) is 9.59 Å². The van der Waals surface area contributed by atoms with Gasteiger partial charge in [-0.2, -0.15) is 0 Å². The van der Waals surface area contributed by atoms with E-state index < -0.39 is 11.9 Å². The molecule has 2 saturated heterocycles. The Morgan fingerprint density at radius 1 is 0.636 bits per heavy atom. The Morgan fingerprint density at radius 3 is 1.64 bits per heavy atom. The molecule has 10 nitrogen and oxygen atoms in total. The van der Waals surface area contributed by atoms with Gasteiger partial charge in [-0.15, -0.1) is 0 Å². The maximum absolute atomic E-state index is 12.5. The van der Waals surface area contributed by atoms with Gasteiger partial charge in [0, 0.05) is 13.2 Å². The molecule has 4 rings (SSSR count). The van der Waals surface area contributed by atoms with Crippen molar-refractivity contribution in [3.8, 4) is 0 Å². The third-order valence-electron chi connectivity index (χ3n) is 5.80. The molecule has 1 aromatic rings. The number of cyclic esters (lactones) is 2. The highest BCUT2D eigenvalue weighted by Gasteiger charge is 2.30. The fourth-order valence-corrected chi connectivity index (χ4v) is 4.06. The van der Waals surface area contributed by atoms with Crippen LogP contribution < -0.4 is 0 Å². The number of pyridine rings is 1. The van der Waals surface area contributed by atoms with Gasteiger partial charge in [0.15, 0.2) is 0 Å². The minimum Gasteiger partial charge on any atom is -0.458 e. The van der Waals surface area contributed by atoms with Gasteiger partial charge in [0.1, 0.15) is 36.8 Å². The van der Waals surface area contributed by atoms with E-state index in [4.69, 9.17) is 33.2 Å². The zero-order valence-electron chi connectivity index (χ0n) is 18.6. The summed E-state index contributed by atoms with van der Waals surface area (Å²) in [5, 5.41) is 0. The molecule has 4 atom stereocenters. The highest BCUT2D eigenvalue weighted by Crippen LogP contribution is 2.20. The van der Waals surface area contributed by atoms with Crippen LogP contribution in [0.3, 0.4) is 0 Å². The fraction of sp³-hybridized carbons (Fsp3) is 0.696. The lowest BCUT2D eigenvalue weighted by molar-refractivity contribution is -0.138. The average Bonchev–Trinajstić information content (AvgIpc) is 2.86. The van der Waals surface area contributed by atoms with Gasteiger partial charge in [0.25, 0.3) is 0 Å². The van der Waals surface area contributed by atoms with Crippen molar-refractivity contribution >= 4 is 11.9 Å². The first kappa shape index (κ1) is 24.0. The number of rotatable bonds is 0. The molecule has 0 N–H and O–H groups in total. The highest BCUT2D eigenvalue weighted by atomic mass is 16.6. The summed E-state index contributed by atoms with van der Waals surface area (Å²) in [4.78, 5) is 29.2. The van der Waals surface area contributed by atoms with E-state index in [0.29, 0.717) is 39.6 Å². The van der Waals surface area contributed by atoms with Crippen LogP contribution in [0.4, 0.5) is 0 Å². The van der Waals surface area contributed by atoms with Crippen LogP contribution in [-0.4, -0.2) is 94.2 Å². The van der Waals surface area contributed by atoms with Crippen molar-refractivity contribution in [3.05, 3.63) is 29.6 Å². The van der Waals surface area contributed by atoms with Gasteiger partial charge in [0.2, 0.25) is 0 Å². The molecule has 1 aromatic heterocycles. The second kappa shape index (κ2) is 12.4. The summed E-state index contributed by atoms with van der Waals surface area (Å²) in [6, 6.07) is 4.55. The molecule has 0 unspecified atom stereocenters. The van der Waals surface area contributed by atoms with Crippen molar-refractivity contribution in [1.29, 1.82) is 0 Å². The number of hydrogen-bond donors (Lipinski definition) is 0. The monoisotopic (exact) mass is 465 g/mol. The van der Waals surface area contributed by atoms with Crippen LogP contribution in [0.15, 0.2) is 18.2 Å². The number of ether oxygens (including phenoxy) is 7. The van der Waals surface area contributed by atoms with Gasteiger partial charge in [-0.1, -0.05) is 6.07 Å². The lowest BCUT2D eigenvalue weighted by Crippen LogP contribution is -2.41. The number of nitrogens with zero attached hydrogens (tertiary/aromatic N) is 1. The standard InChI is InChI=1S/C23H31NO9/c25-22-16-4-1-5-17(24-16)23(26)33-15-21-19(7-3-9-29-21)31-13-11-27-10-12-30-18-6-2-8-28-20(18)14-32-22/h1,4-5,18-21H,2-3,6-15H2/t18-,19-,20-,21-/m1/s1. The number of aromatic nitrogens is 1. The van der Waals surface area contributed by atoms with Gasteiger partial charge in [0.05, 0.1) is 38.6 Å². The SMILES string of the molecule is O=C1OC[C@H]2OCCC[C@H]2OCCOCCO[C@@H]2CCCO[C@@H]2COC(=O)c2cccc1n2. The Hall–Kier alpha value is -2.11. The van der Waals surface area contributed by atoms with Crippen LogP contribution in [0.5, 0.6) is 0 Å². The van der Waals surface area contributed by atoms with Crippen molar-refractivity contribution in [2.45, 2.75) is 50.1 Å². The minimum atomic E-state index is -0.639. The highest BCUT2D eigenvalue weighted by molar-refractivity contribution is 5.91. The van der Waals surface area contributed by atoms with E-state index in [1.165, 1.54) is 12.1 Å². The van der Waals surface area contributed by atoms with E-state index in [1.54, 1.807) is 6.07 Å². The Bertz CT molecular complexity index is 730. The maximum Gasteiger partial charge on any atom is 0.357 e. The molecular formula is C23H31NO9. The predicted molar refractivity (Wildman–Crippen MR) is 113 cm³/mol. The zero-order valence-corrected chi connectivity index (χ0v) is 18.6. The van der Waals surface area contributed by atoms with Crippen LogP contribution in [0.2, 0.25) is 0 Å². The molecule has 182 valence electrons. The summed E-state index contributed by atoms with van der Waals surface area (Å²) in [5.74, 6) is -1.28. The Morgan fingerprint density at radius 2 is 1.12 bits per heavy atom. The van der Waals surface area contributed by atoms with E-state index in [-0.39, 0.29) is 49.0 Å². The van der Waals surface area contributed by atoms with Gasteiger partial charge in [-0.3, -0.25) is 0 Å². The molecule has 0 saturated carbocycles. The van der Waals surface area contributed by atoms with Gasteiger partial charge in [-0.05, 0) is 37.8 Å². The molecule has 3 aliphatic rings. The smallest absolute Gasteiger partial charge is 0.357 e. The largest absolute Gasteiger partial charge is 0.458 e. The van der Waals surface area contributed by atoms with Crippen molar-refractivity contribution in [3.63, 3.8) is 0 Å². The molecular weight excluding hydrogens is 434 g/mol. The van der Waals surface area contributed by atoms with Gasteiger partial charge >= 0.3 is 11.9 Å². The van der Waals surface area contributed by atoms with Crippen LogP contribution >= 0.6 is 0 Å². The summed E-state index contributed by atoms with van der Waals surface area (Å²) in [7, 11) is 0. The van der Waals surface area contributed by atoms with Crippen LogP contribution in [0.25, 0.3) is 0 Å². The molecule has 33 heavy (non-hydrogen) atoms. The molecule has 3 aliphatic heterocycles. The van der Waals surface area contributed by atoms with Crippen LogP contribution in [0, 0.1) is 0 Å². The molecule has 0 spiro atoms. The van der Waals surface area contributed by atoms with E-state index in [0.717, 1.165) is 25.7 Å². The van der Waals surface area contributed by atoms with Crippen molar-refractivity contribution < 1.29 is 42.7 Å². The summed E-state index contributed by atoms with van der Waals surface area (Å²) >= 11 is 0. The number of carbonyl (C=O) groups is 2. The first-order valence-corrected chi connectivity index (χ1v) is 11.6. The van der Waals surface area contributed by atoms with Crippen LogP contribution in [-0.2, 0) is 33.2 Å². The first-order chi connectivity index (χ1) is 16.2. The quantitative estimate of drug-likeness (QED) is 0.523. The van der Waals surface area contributed by atoms with Crippen molar-refractivity contribution in [2.24, 2.45) is 0 Å². The minimum absolute atomic E-state index is 0.0238. The summed E-state index contributed by atoms with van der Waals surface area (Å²) in [6.07, 6.45) is 2.27. The second-order valence-electron chi connectivity index (χ2n) is 8.14. The average molecular weight is 465 g/mol. The lowest BCUT2D eigenvalue weighted by atomic mass is 10.1. The molecule has 4 heterocycles. The van der Waals surface area contributed by atoms with E-state index in [1.807, 2.05) is 0 Å². The Labute approximate surface area is 192 Å². The lowest BCUT2D eigenvalue weighted by Gasteiger charge is -2.31. The number of esters is 2. The summed E-state index contributed by atoms with van der Waals surface area (Å²) in [6.45, 7) is 2.91. The Kier molecular flexibility index (Phi) is 9.01. The maximum atomic E-state index is 12.5. The van der Waals surface area contributed by atoms with E-state index in [2.05, 4.69) is 4.98 Å². The normalized spacial score (nSPS) is 30.8. The third kappa shape index (κ3) is 6.94. The summed E-state index contributed by atoms with van der Waals surface area (Å²) < 4.78 is 39.8. The fourth-order valence-electron chi connectivity index (χ4n) is 4.06. The molecule has 0 amide bonds. The van der Waals surface area contributed by atoms with Crippen molar-refractivity contribution in [2.75, 3.05) is 52.9 Å². The predicted octanol–water partition coefficient (Wildman–Crippen LogP) is 1.55. The van der Waals surface area contributed by atoms with Crippen molar-refractivity contribution in [1.82, 2.24) is 4.98 Å².